The molecule has 1 saturated heterocycles. The van der Waals surface area contributed by atoms with Crippen molar-refractivity contribution < 1.29 is 18.0 Å². The molecular weight excluding hydrogens is 305 g/mol. The zero-order valence-electron chi connectivity index (χ0n) is 13.1. The second kappa shape index (κ2) is 7.81. The van der Waals surface area contributed by atoms with E-state index in [2.05, 4.69) is 0 Å². The van der Waals surface area contributed by atoms with E-state index in [0.717, 1.165) is 25.5 Å². The van der Waals surface area contributed by atoms with Crippen LogP contribution in [0.15, 0.2) is 24.3 Å². The van der Waals surface area contributed by atoms with Crippen LogP contribution < -0.4 is 5.73 Å². The fraction of sp³-hybridized carbons (Fsp3) is 0.588. The summed E-state index contributed by atoms with van der Waals surface area (Å²) in [7, 11) is 0. The molecule has 1 aliphatic rings. The average Bonchev–Trinajstić information content (AvgIpc) is 2.53. The lowest BCUT2D eigenvalue weighted by atomic mass is 9.90. The Morgan fingerprint density at radius 1 is 1.30 bits per heavy atom. The Kier molecular flexibility index (Phi) is 6.04. The van der Waals surface area contributed by atoms with Gasteiger partial charge in [0.05, 0.1) is 5.56 Å². The number of alkyl halides is 3. The van der Waals surface area contributed by atoms with Gasteiger partial charge in [-0.25, -0.2) is 0 Å². The van der Waals surface area contributed by atoms with E-state index in [1.54, 1.807) is 17.0 Å². The molecule has 1 unspecified atom stereocenters. The zero-order valence-corrected chi connectivity index (χ0v) is 13.1. The highest BCUT2D eigenvalue weighted by Crippen LogP contribution is 2.33. The molecule has 0 radical (unpaired) electrons. The number of aryl methyl sites for hydroxylation is 1. The van der Waals surface area contributed by atoms with E-state index in [1.807, 2.05) is 0 Å². The predicted molar refractivity (Wildman–Crippen MR) is 82.7 cm³/mol. The summed E-state index contributed by atoms with van der Waals surface area (Å²) in [5, 5.41) is 0. The van der Waals surface area contributed by atoms with Crippen molar-refractivity contribution in [2.45, 2.75) is 38.3 Å². The molecular formula is C17H23F3N2O. The third-order valence-corrected chi connectivity index (χ3v) is 4.37. The molecule has 0 bridgehead atoms. The van der Waals surface area contributed by atoms with Gasteiger partial charge < -0.3 is 10.6 Å². The first-order valence-corrected chi connectivity index (χ1v) is 8.04. The number of hydrogen-bond donors (Lipinski definition) is 1. The third kappa shape index (κ3) is 4.96. The van der Waals surface area contributed by atoms with Crippen LogP contribution in [-0.4, -0.2) is 30.4 Å². The van der Waals surface area contributed by atoms with Crippen LogP contribution in [0.3, 0.4) is 0 Å². The molecule has 128 valence electrons. The van der Waals surface area contributed by atoms with Gasteiger partial charge in [0, 0.05) is 26.1 Å². The summed E-state index contributed by atoms with van der Waals surface area (Å²) in [6.45, 7) is 1.69. The van der Waals surface area contributed by atoms with Gasteiger partial charge in [0.15, 0.2) is 0 Å². The van der Waals surface area contributed by atoms with Crippen LogP contribution in [0.5, 0.6) is 0 Å². The van der Waals surface area contributed by atoms with Crippen molar-refractivity contribution in [3.63, 3.8) is 0 Å². The van der Waals surface area contributed by atoms with Gasteiger partial charge in [-0.3, -0.25) is 4.79 Å². The summed E-state index contributed by atoms with van der Waals surface area (Å²) in [5.41, 5.74) is 5.20. The lowest BCUT2D eigenvalue weighted by Crippen LogP contribution is -2.40. The van der Waals surface area contributed by atoms with Crippen molar-refractivity contribution in [2.24, 2.45) is 11.7 Å². The van der Waals surface area contributed by atoms with Crippen molar-refractivity contribution in [3.05, 3.63) is 35.4 Å². The highest BCUT2D eigenvalue weighted by molar-refractivity contribution is 5.76. The third-order valence-electron chi connectivity index (χ3n) is 4.37. The van der Waals surface area contributed by atoms with Gasteiger partial charge in [-0.2, -0.15) is 13.2 Å². The Hall–Kier alpha value is -1.56. The smallest absolute Gasteiger partial charge is 0.342 e. The fourth-order valence-corrected chi connectivity index (χ4v) is 3.18. The monoisotopic (exact) mass is 328 g/mol. The van der Waals surface area contributed by atoms with E-state index in [0.29, 0.717) is 37.9 Å². The van der Waals surface area contributed by atoms with Crippen molar-refractivity contribution in [2.75, 3.05) is 19.6 Å². The van der Waals surface area contributed by atoms with Gasteiger partial charge in [-0.1, -0.05) is 18.2 Å². The van der Waals surface area contributed by atoms with Crippen molar-refractivity contribution in [1.29, 1.82) is 0 Å². The van der Waals surface area contributed by atoms with Gasteiger partial charge in [0.1, 0.15) is 0 Å². The molecule has 1 fully saturated rings. The first-order chi connectivity index (χ1) is 10.9. The number of carbonyl (C=O) groups excluding carboxylic acids is 1. The van der Waals surface area contributed by atoms with Gasteiger partial charge in [-0.05, 0) is 43.2 Å². The fourth-order valence-electron chi connectivity index (χ4n) is 3.18. The van der Waals surface area contributed by atoms with Gasteiger partial charge in [0.25, 0.3) is 0 Å². The number of halogens is 3. The Morgan fingerprint density at radius 2 is 2.04 bits per heavy atom. The second-order valence-corrected chi connectivity index (χ2v) is 6.08. The Balaban J connectivity index is 1.95. The number of amides is 1. The molecule has 0 aliphatic carbocycles. The van der Waals surface area contributed by atoms with Gasteiger partial charge >= 0.3 is 6.18 Å². The Morgan fingerprint density at radius 3 is 2.74 bits per heavy atom. The maximum absolute atomic E-state index is 13.0. The minimum atomic E-state index is -4.31. The molecule has 3 nitrogen and oxygen atoms in total. The van der Waals surface area contributed by atoms with E-state index in [-0.39, 0.29) is 11.8 Å². The first kappa shape index (κ1) is 17.8. The van der Waals surface area contributed by atoms with Crippen molar-refractivity contribution in [3.8, 4) is 0 Å². The lowest BCUT2D eigenvalue weighted by molar-refractivity contribution is -0.138. The standard InChI is InChI=1S/C17H23F3N2O/c18-17(19,20)15-6-2-1-5-14(15)8-7-13-4-3-11-22(12-13)16(23)9-10-21/h1-2,5-6,13H,3-4,7-12,21H2. The zero-order chi connectivity index (χ0) is 16.9. The quantitative estimate of drug-likeness (QED) is 0.902. The molecule has 1 aliphatic heterocycles. The van der Waals surface area contributed by atoms with Crippen molar-refractivity contribution in [1.82, 2.24) is 4.90 Å². The number of hydrogen-bond acceptors (Lipinski definition) is 2. The molecule has 0 spiro atoms. The minimum Gasteiger partial charge on any atom is -0.342 e. The number of rotatable bonds is 5. The maximum atomic E-state index is 13.0. The molecule has 23 heavy (non-hydrogen) atoms. The number of nitrogens with zero attached hydrogens (tertiary/aromatic N) is 1. The first-order valence-electron chi connectivity index (χ1n) is 8.04. The minimum absolute atomic E-state index is 0.0490. The number of carbonyl (C=O) groups is 1. The van der Waals surface area contributed by atoms with E-state index in [9.17, 15) is 18.0 Å². The molecule has 1 atom stereocenters. The molecule has 1 heterocycles. The van der Waals surface area contributed by atoms with Crippen LogP contribution >= 0.6 is 0 Å². The molecule has 0 saturated carbocycles. The molecule has 1 aromatic rings. The molecule has 1 amide bonds. The molecule has 6 heteroatoms. The molecule has 1 aromatic carbocycles. The lowest BCUT2D eigenvalue weighted by Gasteiger charge is -2.33. The number of nitrogens with two attached hydrogens (primary N) is 1. The van der Waals surface area contributed by atoms with Crippen LogP contribution in [0.25, 0.3) is 0 Å². The van der Waals surface area contributed by atoms with Crippen LogP contribution in [0.4, 0.5) is 13.2 Å². The van der Waals surface area contributed by atoms with Crippen LogP contribution in [0.2, 0.25) is 0 Å². The Bertz CT molecular complexity index is 531. The average molecular weight is 328 g/mol. The SMILES string of the molecule is NCCC(=O)N1CCCC(CCc2ccccc2C(F)(F)F)C1. The maximum Gasteiger partial charge on any atom is 0.416 e. The van der Waals surface area contributed by atoms with E-state index in [1.165, 1.54) is 6.07 Å². The summed E-state index contributed by atoms with van der Waals surface area (Å²) in [5.74, 6) is 0.305. The summed E-state index contributed by atoms with van der Waals surface area (Å²) in [4.78, 5) is 13.7. The number of benzene rings is 1. The number of likely N-dealkylation sites (tertiary alicyclic amines) is 1. The molecule has 2 N–H and O–H groups in total. The van der Waals surface area contributed by atoms with Crippen LogP contribution in [0, 0.1) is 5.92 Å². The summed E-state index contributed by atoms with van der Waals surface area (Å²) in [6, 6.07) is 5.74. The van der Waals surface area contributed by atoms with Gasteiger partial charge in [-0.15, -0.1) is 0 Å². The highest BCUT2D eigenvalue weighted by Gasteiger charge is 2.33. The number of piperidine rings is 1. The topological polar surface area (TPSA) is 46.3 Å². The van der Waals surface area contributed by atoms with Crippen LogP contribution in [-0.2, 0) is 17.4 Å². The summed E-state index contributed by atoms with van der Waals surface area (Å²) < 4.78 is 39.0. The Labute approximate surface area is 134 Å². The van der Waals surface area contributed by atoms with Gasteiger partial charge in [0.2, 0.25) is 5.91 Å². The predicted octanol–water partition coefficient (Wildman–Crippen LogP) is 3.23. The summed E-state index contributed by atoms with van der Waals surface area (Å²) >= 11 is 0. The largest absolute Gasteiger partial charge is 0.416 e. The highest BCUT2D eigenvalue weighted by atomic mass is 19.4. The molecule has 0 aromatic heterocycles. The van der Waals surface area contributed by atoms with E-state index < -0.39 is 11.7 Å². The normalized spacial score (nSPS) is 19.0. The van der Waals surface area contributed by atoms with E-state index in [4.69, 9.17) is 5.73 Å². The molecule has 2 rings (SSSR count). The summed E-state index contributed by atoms with van der Waals surface area (Å²) in [6.07, 6.45) is -1.06. The van der Waals surface area contributed by atoms with Crippen LogP contribution in [0.1, 0.15) is 36.8 Å². The second-order valence-electron chi connectivity index (χ2n) is 6.08. The van der Waals surface area contributed by atoms with Crippen molar-refractivity contribution >= 4 is 5.91 Å². The van der Waals surface area contributed by atoms with E-state index >= 15 is 0 Å².